The maximum absolute atomic E-state index is 13.9. The molecule has 1 aromatic carbocycles. The number of ether oxygens (including phenoxy) is 1. The van der Waals surface area contributed by atoms with Crippen molar-refractivity contribution in [2.75, 3.05) is 19.8 Å². The van der Waals surface area contributed by atoms with E-state index >= 15 is 0 Å². The summed E-state index contributed by atoms with van der Waals surface area (Å²) in [7, 11) is 0. The number of aliphatic hydroxyl groups is 1. The van der Waals surface area contributed by atoms with Crippen molar-refractivity contribution in [3.8, 4) is 0 Å². The van der Waals surface area contributed by atoms with Crippen molar-refractivity contribution in [3.05, 3.63) is 59.8 Å². The summed E-state index contributed by atoms with van der Waals surface area (Å²) in [4.78, 5) is 1.96. The molecule has 4 nitrogen and oxygen atoms in total. The van der Waals surface area contributed by atoms with Crippen LogP contribution in [-0.2, 0) is 17.8 Å². The quantitative estimate of drug-likeness (QED) is 0.722. The van der Waals surface area contributed by atoms with Crippen LogP contribution in [-0.4, -0.2) is 35.9 Å². The lowest BCUT2D eigenvalue weighted by atomic mass is 10.2. The smallest absolute Gasteiger partial charge is 0.127 e. The Morgan fingerprint density at radius 2 is 1.92 bits per heavy atom. The van der Waals surface area contributed by atoms with Crippen molar-refractivity contribution in [2.45, 2.75) is 33.0 Å². The largest absolute Gasteiger partial charge is 0.468 e. The fourth-order valence-corrected chi connectivity index (χ4v) is 2.47. The topological polar surface area (TPSA) is 45.8 Å². The lowest BCUT2D eigenvalue weighted by Crippen LogP contribution is -2.34. The second-order valence-corrected chi connectivity index (χ2v) is 6.43. The van der Waals surface area contributed by atoms with Gasteiger partial charge in [-0.15, -0.1) is 0 Å². The zero-order valence-corrected chi connectivity index (χ0v) is 14.3. The van der Waals surface area contributed by atoms with Crippen LogP contribution in [0.5, 0.6) is 0 Å². The van der Waals surface area contributed by atoms with E-state index in [4.69, 9.17) is 9.15 Å². The van der Waals surface area contributed by atoms with E-state index in [1.807, 2.05) is 23.1 Å². The molecular weight excluding hydrogens is 309 g/mol. The van der Waals surface area contributed by atoms with E-state index in [-0.39, 0.29) is 12.4 Å². The Balaban J connectivity index is 1.96. The molecule has 0 radical (unpaired) electrons. The summed E-state index contributed by atoms with van der Waals surface area (Å²) in [6, 6.07) is 10.4. The molecule has 0 saturated heterocycles. The highest BCUT2D eigenvalue weighted by Gasteiger charge is 2.16. The fraction of sp³-hybridized carbons (Fsp3) is 0.474. The molecule has 1 atom stereocenters. The maximum Gasteiger partial charge on any atom is 0.127 e. The summed E-state index contributed by atoms with van der Waals surface area (Å²) in [5.41, 5.74) is 0.597. The summed E-state index contributed by atoms with van der Waals surface area (Å²) >= 11 is 0. The van der Waals surface area contributed by atoms with E-state index < -0.39 is 6.10 Å². The van der Waals surface area contributed by atoms with Crippen molar-refractivity contribution in [2.24, 2.45) is 5.92 Å². The summed E-state index contributed by atoms with van der Waals surface area (Å²) in [5, 5.41) is 10.2. The fourth-order valence-electron chi connectivity index (χ4n) is 2.47. The predicted molar refractivity (Wildman–Crippen MR) is 90.9 cm³/mol. The molecule has 1 heterocycles. The summed E-state index contributed by atoms with van der Waals surface area (Å²) in [5.74, 6) is 0.962. The first-order valence-corrected chi connectivity index (χ1v) is 8.28. The first-order chi connectivity index (χ1) is 11.5. The number of aliphatic hydroxyl groups excluding tert-OH is 1. The zero-order valence-electron chi connectivity index (χ0n) is 14.3. The van der Waals surface area contributed by atoms with E-state index in [1.54, 1.807) is 18.4 Å². The Hall–Kier alpha value is -1.69. The first-order valence-electron chi connectivity index (χ1n) is 8.28. The number of nitrogens with zero attached hydrogens (tertiary/aromatic N) is 1. The highest BCUT2D eigenvalue weighted by molar-refractivity contribution is 5.17. The predicted octanol–water partition coefficient (Wildman–Crippen LogP) is 3.45. The van der Waals surface area contributed by atoms with Crippen molar-refractivity contribution >= 4 is 0 Å². The minimum absolute atomic E-state index is 0.243. The molecular formula is C19H26FNO3. The number of hydrogen-bond donors (Lipinski definition) is 1. The van der Waals surface area contributed by atoms with Crippen LogP contribution in [0, 0.1) is 11.7 Å². The number of benzene rings is 1. The van der Waals surface area contributed by atoms with Crippen molar-refractivity contribution in [1.82, 2.24) is 4.90 Å². The third kappa shape index (κ3) is 6.43. The Kier molecular flexibility index (Phi) is 7.43. The summed E-state index contributed by atoms with van der Waals surface area (Å²) in [6.07, 6.45) is 0.976. The molecule has 1 aromatic heterocycles. The number of furan rings is 1. The van der Waals surface area contributed by atoms with E-state index in [0.29, 0.717) is 37.7 Å². The summed E-state index contributed by atoms with van der Waals surface area (Å²) in [6.45, 7) is 6.29. The van der Waals surface area contributed by atoms with Gasteiger partial charge in [0.2, 0.25) is 0 Å². The van der Waals surface area contributed by atoms with Gasteiger partial charge in [0.1, 0.15) is 11.6 Å². The molecule has 24 heavy (non-hydrogen) atoms. The van der Waals surface area contributed by atoms with Crippen LogP contribution in [0.4, 0.5) is 4.39 Å². The SMILES string of the molecule is CC(C)COCC(O)CN(Cc1ccco1)Cc1ccccc1F. The Bertz CT molecular complexity index is 586. The molecule has 1 unspecified atom stereocenters. The van der Waals surface area contributed by atoms with Gasteiger partial charge in [-0.05, 0) is 24.1 Å². The Morgan fingerprint density at radius 1 is 1.12 bits per heavy atom. The first kappa shape index (κ1) is 18.6. The molecule has 0 bridgehead atoms. The molecule has 5 heteroatoms. The molecule has 2 rings (SSSR count). The Labute approximate surface area is 142 Å². The molecule has 0 amide bonds. The van der Waals surface area contributed by atoms with Crippen molar-refractivity contribution < 1.29 is 18.7 Å². The van der Waals surface area contributed by atoms with Gasteiger partial charge in [-0.3, -0.25) is 4.90 Å². The molecule has 2 aromatic rings. The van der Waals surface area contributed by atoms with Crippen LogP contribution in [0.15, 0.2) is 47.1 Å². The second-order valence-electron chi connectivity index (χ2n) is 6.43. The van der Waals surface area contributed by atoms with Gasteiger partial charge in [0.05, 0.1) is 25.5 Å². The van der Waals surface area contributed by atoms with Gasteiger partial charge >= 0.3 is 0 Å². The van der Waals surface area contributed by atoms with E-state index in [1.165, 1.54) is 6.07 Å². The van der Waals surface area contributed by atoms with Crippen LogP contribution in [0.3, 0.4) is 0 Å². The van der Waals surface area contributed by atoms with Crippen LogP contribution in [0.25, 0.3) is 0 Å². The van der Waals surface area contributed by atoms with E-state index in [9.17, 15) is 9.50 Å². The van der Waals surface area contributed by atoms with Gasteiger partial charge in [0.25, 0.3) is 0 Å². The van der Waals surface area contributed by atoms with Gasteiger partial charge in [0.15, 0.2) is 0 Å². The van der Waals surface area contributed by atoms with Crippen molar-refractivity contribution in [3.63, 3.8) is 0 Å². The van der Waals surface area contributed by atoms with Gasteiger partial charge in [-0.25, -0.2) is 4.39 Å². The molecule has 0 fully saturated rings. The number of halogens is 1. The molecule has 0 saturated carbocycles. The number of hydrogen-bond acceptors (Lipinski definition) is 4. The minimum Gasteiger partial charge on any atom is -0.468 e. The molecule has 132 valence electrons. The maximum atomic E-state index is 13.9. The van der Waals surface area contributed by atoms with Crippen LogP contribution in [0.1, 0.15) is 25.2 Å². The Morgan fingerprint density at radius 3 is 2.58 bits per heavy atom. The van der Waals surface area contributed by atoms with Crippen LogP contribution in [0.2, 0.25) is 0 Å². The van der Waals surface area contributed by atoms with Gasteiger partial charge in [-0.1, -0.05) is 32.0 Å². The highest BCUT2D eigenvalue weighted by atomic mass is 19.1. The van der Waals surface area contributed by atoms with Gasteiger partial charge < -0.3 is 14.3 Å². The monoisotopic (exact) mass is 335 g/mol. The average molecular weight is 335 g/mol. The van der Waals surface area contributed by atoms with Crippen molar-refractivity contribution in [1.29, 1.82) is 0 Å². The van der Waals surface area contributed by atoms with Crippen LogP contribution >= 0.6 is 0 Å². The number of rotatable bonds is 10. The third-order valence-corrected chi connectivity index (χ3v) is 3.54. The van der Waals surface area contributed by atoms with E-state index in [2.05, 4.69) is 13.8 Å². The minimum atomic E-state index is -0.634. The molecule has 0 aliphatic carbocycles. The van der Waals surface area contributed by atoms with Gasteiger partial charge in [0, 0.05) is 25.3 Å². The normalized spacial score (nSPS) is 12.9. The van der Waals surface area contributed by atoms with Crippen LogP contribution < -0.4 is 0 Å². The molecule has 0 aliphatic rings. The highest BCUT2D eigenvalue weighted by Crippen LogP contribution is 2.14. The third-order valence-electron chi connectivity index (χ3n) is 3.54. The lowest BCUT2D eigenvalue weighted by Gasteiger charge is -2.24. The summed E-state index contributed by atoms with van der Waals surface area (Å²) < 4.78 is 24.8. The molecule has 0 spiro atoms. The second kappa shape index (κ2) is 9.57. The zero-order chi connectivity index (χ0) is 17.4. The van der Waals surface area contributed by atoms with E-state index in [0.717, 1.165) is 5.76 Å². The molecule has 1 N–H and O–H groups in total. The standard InChI is InChI=1S/C19H26FNO3/c1-15(2)13-23-14-17(22)11-21(12-18-7-5-9-24-18)10-16-6-3-4-8-19(16)20/h3-9,15,17,22H,10-14H2,1-2H3. The average Bonchev–Trinajstić information content (AvgIpc) is 3.02. The molecule has 0 aliphatic heterocycles. The lowest BCUT2D eigenvalue weighted by molar-refractivity contribution is 0.00444. The van der Waals surface area contributed by atoms with Gasteiger partial charge in [-0.2, -0.15) is 0 Å².